The lowest BCUT2D eigenvalue weighted by molar-refractivity contribution is -0.136. The highest BCUT2D eigenvalue weighted by Gasteiger charge is 2.29. The highest BCUT2D eigenvalue weighted by atomic mass is 35.5. The Balaban J connectivity index is 0.683. The summed E-state index contributed by atoms with van der Waals surface area (Å²) in [6.45, 7) is 6.64. The van der Waals surface area contributed by atoms with Crippen LogP contribution in [0.5, 0.6) is 5.75 Å². The van der Waals surface area contributed by atoms with Crippen molar-refractivity contribution in [2.75, 3.05) is 123 Å². The minimum atomic E-state index is -1.97. The minimum absolute atomic E-state index is 0.00395. The molecule has 0 bridgehead atoms. The first-order valence-electron chi connectivity index (χ1n) is 24.6. The number of ether oxygens (including phenoxy) is 10. The lowest BCUT2D eigenvalue weighted by Gasteiger charge is -2.15. The van der Waals surface area contributed by atoms with Crippen molar-refractivity contribution in [3.8, 4) is 5.75 Å². The molecule has 1 aliphatic heterocycles. The lowest BCUT2D eigenvalue weighted by atomic mass is 10.1. The van der Waals surface area contributed by atoms with Gasteiger partial charge in [-0.2, -0.15) is 15.1 Å². The second kappa shape index (κ2) is 35.1. The molecule has 3 atom stereocenters. The maximum Gasteiger partial charge on any atom is 0.313 e. The van der Waals surface area contributed by atoms with E-state index in [2.05, 4.69) is 40.7 Å². The number of aromatic nitrogens is 7. The summed E-state index contributed by atoms with van der Waals surface area (Å²) in [6.07, 6.45) is 4.13. The average Bonchev–Trinajstić information content (AvgIpc) is 4.25. The van der Waals surface area contributed by atoms with Gasteiger partial charge in [0, 0.05) is 39.6 Å². The molecule has 1 aliphatic rings. The van der Waals surface area contributed by atoms with Gasteiger partial charge in [-0.05, 0) is 42.1 Å². The molecule has 3 unspecified atom stereocenters. The molecular weight excluding hydrogens is 1080 g/mol. The first-order valence-corrected chi connectivity index (χ1v) is 27.5. The fourth-order valence-electron chi connectivity index (χ4n) is 7.00. The zero-order valence-corrected chi connectivity index (χ0v) is 44.7. The van der Waals surface area contributed by atoms with Crippen LogP contribution >= 0.6 is 28.8 Å². The molecule has 1 amide bonds. The number of anilines is 1. The molecule has 424 valence electrons. The van der Waals surface area contributed by atoms with E-state index >= 15 is 0 Å². The first kappa shape index (κ1) is 61.5. The van der Waals surface area contributed by atoms with E-state index in [0.717, 1.165) is 12.0 Å². The Bertz CT molecular complexity index is 2510. The number of hydrogen-bond donors (Lipinski definition) is 4. The summed E-state index contributed by atoms with van der Waals surface area (Å²) in [7, 11) is -1.97. The summed E-state index contributed by atoms with van der Waals surface area (Å²) >= 11 is 6.31. The van der Waals surface area contributed by atoms with E-state index in [4.69, 9.17) is 68.5 Å². The van der Waals surface area contributed by atoms with E-state index < -0.39 is 37.5 Å². The van der Waals surface area contributed by atoms with Crippen LogP contribution in [0.4, 0.5) is 19.0 Å². The number of halogens is 4. The van der Waals surface area contributed by atoms with Crippen molar-refractivity contribution in [3.05, 3.63) is 88.3 Å². The predicted molar refractivity (Wildman–Crippen MR) is 272 cm³/mol. The number of nitrogens with one attached hydrogen (secondary N) is 2. The number of nitrogens with zero attached hydrogens (tertiary/aromatic N) is 7. The van der Waals surface area contributed by atoms with Crippen molar-refractivity contribution in [2.45, 2.75) is 51.3 Å². The van der Waals surface area contributed by atoms with Crippen LogP contribution in [0.25, 0.3) is 11.0 Å². The molecule has 6 rings (SSSR count). The number of carbonyl (C=O) groups is 2. The van der Waals surface area contributed by atoms with Crippen molar-refractivity contribution >= 4 is 57.5 Å². The van der Waals surface area contributed by atoms with Crippen LogP contribution in [0.3, 0.4) is 0 Å². The lowest BCUT2D eigenvalue weighted by Crippen LogP contribution is -2.27. The van der Waals surface area contributed by atoms with Crippen LogP contribution in [-0.2, 0) is 71.6 Å². The molecule has 30 heteroatoms. The minimum Gasteiger partial charge on any atom is -0.420 e. The molecule has 0 radical (unpaired) electrons. The largest absolute Gasteiger partial charge is 0.420 e. The Morgan fingerprint density at radius 3 is 2.09 bits per heavy atom. The average molecular weight is 1150 g/mol. The van der Waals surface area contributed by atoms with Gasteiger partial charge in [-0.1, -0.05) is 17.3 Å². The second-order valence-electron chi connectivity index (χ2n) is 16.5. The van der Waals surface area contributed by atoms with Crippen molar-refractivity contribution in [1.82, 2.24) is 40.1 Å². The van der Waals surface area contributed by atoms with E-state index in [0.29, 0.717) is 152 Å². The number of rotatable bonds is 40. The van der Waals surface area contributed by atoms with Gasteiger partial charge in [0.25, 0.3) is 5.91 Å². The number of esters is 1. The molecule has 24 nitrogen and oxygen atoms in total. The van der Waals surface area contributed by atoms with E-state index in [1.807, 2.05) is 12.1 Å². The Hall–Kier alpha value is -4.67. The Morgan fingerprint density at radius 1 is 0.805 bits per heavy atom. The van der Waals surface area contributed by atoms with Gasteiger partial charge >= 0.3 is 5.97 Å². The molecule has 1 saturated heterocycles. The first-order chi connectivity index (χ1) is 37.5. The van der Waals surface area contributed by atoms with Crippen molar-refractivity contribution in [2.24, 2.45) is 0 Å². The summed E-state index contributed by atoms with van der Waals surface area (Å²) in [5, 5.41) is 19.6. The predicted octanol–water partition coefficient (Wildman–Crippen LogP) is 4.70. The van der Waals surface area contributed by atoms with E-state index in [1.54, 1.807) is 33.9 Å². The van der Waals surface area contributed by atoms with Crippen molar-refractivity contribution in [1.29, 1.82) is 0 Å². The Labute approximate surface area is 449 Å². The molecule has 0 aliphatic carbocycles. The van der Waals surface area contributed by atoms with Crippen LogP contribution in [0.1, 0.15) is 47.1 Å². The third-order valence-corrected chi connectivity index (χ3v) is 12.9. The second-order valence-corrected chi connectivity index (χ2v) is 19.4. The topological polar surface area (TPSA) is 274 Å². The van der Waals surface area contributed by atoms with Crippen molar-refractivity contribution < 1.29 is 84.4 Å². The zero-order chi connectivity index (χ0) is 54.5. The summed E-state index contributed by atoms with van der Waals surface area (Å²) in [5.74, 6) is -5.11. The quantitative estimate of drug-likeness (QED) is 0.0136. The molecule has 4 N–H and O–H groups in total. The summed E-state index contributed by atoms with van der Waals surface area (Å²) in [4.78, 5) is 51.4. The number of benzene rings is 2. The van der Waals surface area contributed by atoms with Gasteiger partial charge in [-0.15, -0.1) is 5.10 Å². The molecule has 4 heterocycles. The van der Waals surface area contributed by atoms with Gasteiger partial charge < -0.3 is 72.3 Å². The summed E-state index contributed by atoms with van der Waals surface area (Å²) in [6, 6.07) is 8.04. The molecule has 0 saturated carbocycles. The Morgan fingerprint density at radius 2 is 1.43 bits per heavy atom. The van der Waals surface area contributed by atoms with Crippen LogP contribution in [0, 0.1) is 17.5 Å². The fraction of sp³-hybridized carbons (Fsp3) is 0.553. The molecule has 1 fully saturated rings. The standard InChI is InChI=1S/C47H63ClF3N9O15P2/c48-47-55-44(38-28-54-60(45(38)56-47)41-6-5-37(74-41)31-73-76-32-77(63)64)53-27-33-1-3-34(4-2-33)46(62)52-8-11-66-14-17-69-21-22-71-23-24-72-30-36-29-59(58-57-36)9-12-67-15-18-70-20-19-68-16-13-65-10-7-42(61)75-43-39(50)25-35(49)26-40(43)51/h1-4,25-26,28-29,37,41,63-64,76H,5-24,27,30-32H2,(H,52,62)(H,53,55,56). The van der Waals surface area contributed by atoms with E-state index in [9.17, 15) is 22.8 Å². The fourth-order valence-corrected chi connectivity index (χ4v) is 8.30. The maximum absolute atomic E-state index is 13.6. The Kier molecular flexibility index (Phi) is 28.0. The molecule has 77 heavy (non-hydrogen) atoms. The van der Waals surface area contributed by atoms with Crippen LogP contribution in [-0.4, -0.2) is 181 Å². The van der Waals surface area contributed by atoms with Crippen LogP contribution < -0.4 is 15.4 Å². The highest BCUT2D eigenvalue weighted by molar-refractivity contribution is 7.58. The van der Waals surface area contributed by atoms with E-state index in [-0.39, 0.29) is 71.1 Å². The molecule has 2 aromatic carbocycles. The van der Waals surface area contributed by atoms with Gasteiger partial charge in [-0.25, -0.2) is 22.5 Å². The third-order valence-electron chi connectivity index (χ3n) is 10.7. The molecule has 5 aromatic rings. The van der Waals surface area contributed by atoms with Gasteiger partial charge in [-0.3, -0.25) is 9.59 Å². The molecule has 0 spiro atoms. The third kappa shape index (κ3) is 22.9. The maximum atomic E-state index is 13.6. The number of hydrogen-bond acceptors (Lipinski definition) is 21. The molecule has 3 aromatic heterocycles. The smallest absolute Gasteiger partial charge is 0.313 e. The summed E-state index contributed by atoms with van der Waals surface area (Å²) < 4.78 is 104. The summed E-state index contributed by atoms with van der Waals surface area (Å²) in [5.41, 5.74) is 2.62. The molecular formula is C47H63ClF3N9O15P2. The van der Waals surface area contributed by atoms with Crippen LogP contribution in [0.2, 0.25) is 5.28 Å². The normalized spacial score (nSPS) is 14.7. The number of carbonyl (C=O) groups excluding carboxylic acids is 2. The van der Waals surface area contributed by atoms with Gasteiger partial charge in [0.1, 0.15) is 17.3 Å². The van der Waals surface area contributed by atoms with Gasteiger partial charge in [0.2, 0.25) is 11.0 Å². The van der Waals surface area contributed by atoms with Gasteiger partial charge in [0.05, 0.1) is 155 Å². The number of fused-ring (bicyclic) bond motifs is 1. The van der Waals surface area contributed by atoms with Crippen LogP contribution in [0.15, 0.2) is 48.8 Å². The SMILES string of the molecule is O=C(CCOCCOCCOCCOCCn1cc(COCCOCCOCCOCCNC(=O)c2ccc(CNc3nc(Cl)nc4c3cnn4C3CCC(COPCP(O)O)O3)cc2)nn1)Oc1c(F)cc(F)cc1F. The number of amides is 1. The van der Waals surface area contributed by atoms with Crippen molar-refractivity contribution in [3.63, 3.8) is 0 Å². The zero-order valence-electron chi connectivity index (χ0n) is 42.0. The highest BCUT2D eigenvalue weighted by Crippen LogP contribution is 2.36. The van der Waals surface area contributed by atoms with E-state index in [1.165, 1.54) is 0 Å². The monoisotopic (exact) mass is 1150 g/mol. The van der Waals surface area contributed by atoms with Gasteiger partial charge in [0.15, 0.2) is 31.9 Å².